The summed E-state index contributed by atoms with van der Waals surface area (Å²) in [5.74, 6) is 0.486. The minimum atomic E-state index is -0.580. The zero-order valence-corrected chi connectivity index (χ0v) is 37.2. The van der Waals surface area contributed by atoms with E-state index in [0.29, 0.717) is 51.1 Å². The SMILES string of the molecule is [2H]c1c([2H])c([2H])c(-c2cccc(-c3c([2H])c([2H])c([2H])c([2H])c3[2H])c2N2[CH-]N(c3[c-]c(Cc4[c-]c5c(cc4)c4c([2H])c([2H])c([2H])c([2H])c4n5-c4cc(C(C)(C)C)ccn4)cc(C(C)(C)C)c3)c3ccccc32)c([2H])c1[2H].[Pt]. The molecular formula is C57H49N4Pt-3. The predicted octanol–water partition coefficient (Wildman–Crippen LogP) is 14.7. The second-order valence-corrected chi connectivity index (χ2v) is 17.2. The second kappa shape index (κ2) is 16.2. The molecule has 3 heterocycles. The summed E-state index contributed by atoms with van der Waals surface area (Å²) in [5.41, 5.74) is 5.75. The molecule has 5 heteroatoms. The van der Waals surface area contributed by atoms with E-state index in [1.165, 1.54) is 0 Å². The van der Waals surface area contributed by atoms with E-state index in [4.69, 9.17) is 24.2 Å². The van der Waals surface area contributed by atoms with Gasteiger partial charge in [-0.1, -0.05) is 156 Å². The number of fused-ring (bicyclic) bond motifs is 4. The van der Waals surface area contributed by atoms with Gasteiger partial charge in [-0.25, -0.2) is 4.98 Å². The zero-order valence-electron chi connectivity index (χ0n) is 49.0. The van der Waals surface area contributed by atoms with Crippen molar-refractivity contribution in [2.75, 3.05) is 9.80 Å². The molecule has 1 aliphatic rings. The molecule has 1 aliphatic heterocycles. The van der Waals surface area contributed by atoms with Crippen LogP contribution < -0.4 is 9.80 Å². The van der Waals surface area contributed by atoms with E-state index >= 15 is 0 Å². The fourth-order valence-corrected chi connectivity index (χ4v) is 7.96. The monoisotopic (exact) mass is 998 g/mol. The number of anilines is 4. The van der Waals surface area contributed by atoms with Gasteiger partial charge in [0.05, 0.1) is 19.2 Å². The summed E-state index contributed by atoms with van der Waals surface area (Å²) >= 11 is 0. The van der Waals surface area contributed by atoms with Crippen LogP contribution in [0.3, 0.4) is 0 Å². The fraction of sp³-hybridized carbons (Fsp3) is 0.158. The molecule has 310 valence electrons. The van der Waals surface area contributed by atoms with Crippen molar-refractivity contribution in [2.24, 2.45) is 0 Å². The average Bonchev–Trinajstić information content (AvgIpc) is 3.96. The summed E-state index contributed by atoms with van der Waals surface area (Å²) in [6, 6.07) is 24.9. The first-order valence-electron chi connectivity index (χ1n) is 27.1. The van der Waals surface area contributed by atoms with E-state index in [1.54, 1.807) is 40.5 Å². The third kappa shape index (κ3) is 7.56. The Labute approximate surface area is 400 Å². The molecule has 2 aromatic heterocycles. The van der Waals surface area contributed by atoms with Crippen molar-refractivity contribution in [1.82, 2.24) is 9.55 Å². The van der Waals surface area contributed by atoms with Crippen molar-refractivity contribution in [3.63, 3.8) is 0 Å². The molecule has 0 spiro atoms. The van der Waals surface area contributed by atoms with Crippen molar-refractivity contribution in [3.8, 4) is 28.1 Å². The topological polar surface area (TPSA) is 24.3 Å². The summed E-state index contributed by atoms with van der Waals surface area (Å²) in [6.45, 7) is 14.3. The van der Waals surface area contributed by atoms with Crippen LogP contribution >= 0.6 is 0 Å². The summed E-state index contributed by atoms with van der Waals surface area (Å²) in [4.78, 5) is 8.42. The molecule has 0 saturated heterocycles. The van der Waals surface area contributed by atoms with Crippen molar-refractivity contribution in [3.05, 3.63) is 211 Å². The maximum absolute atomic E-state index is 9.12. The van der Waals surface area contributed by atoms with Crippen LogP contribution in [0.1, 0.15) is 83.0 Å². The van der Waals surface area contributed by atoms with Crippen LogP contribution in [-0.2, 0) is 38.3 Å². The van der Waals surface area contributed by atoms with Gasteiger partial charge in [0.1, 0.15) is 5.82 Å². The van der Waals surface area contributed by atoms with Gasteiger partial charge in [-0.3, -0.25) is 0 Å². The molecule has 9 aromatic rings. The minimum Gasteiger partial charge on any atom is -0.493 e. The number of benzene rings is 7. The molecular weight excluding hydrogens is 936 g/mol. The molecule has 0 fully saturated rings. The van der Waals surface area contributed by atoms with Crippen LogP contribution in [0.2, 0.25) is 0 Å². The van der Waals surface area contributed by atoms with Gasteiger partial charge >= 0.3 is 0 Å². The maximum atomic E-state index is 9.12. The summed E-state index contributed by atoms with van der Waals surface area (Å²) in [6.07, 6.45) is 2.02. The number of aromatic nitrogens is 2. The van der Waals surface area contributed by atoms with Crippen molar-refractivity contribution in [1.29, 1.82) is 0 Å². The van der Waals surface area contributed by atoms with E-state index < -0.39 is 60.4 Å². The first-order valence-corrected chi connectivity index (χ1v) is 20.1. The van der Waals surface area contributed by atoms with Gasteiger partial charge in [0.2, 0.25) is 0 Å². The molecule has 0 bridgehead atoms. The van der Waals surface area contributed by atoms with Crippen LogP contribution in [0.4, 0.5) is 22.7 Å². The van der Waals surface area contributed by atoms with E-state index in [2.05, 4.69) is 59.7 Å². The smallest absolute Gasteiger partial charge is 0.135 e. The fourth-order valence-electron chi connectivity index (χ4n) is 7.96. The molecule has 0 unspecified atom stereocenters. The van der Waals surface area contributed by atoms with E-state index in [9.17, 15) is 0 Å². The molecule has 7 aromatic carbocycles. The van der Waals surface area contributed by atoms with E-state index in [1.807, 2.05) is 59.5 Å². The van der Waals surface area contributed by atoms with Crippen LogP contribution in [0.15, 0.2) is 170 Å². The third-order valence-corrected chi connectivity index (χ3v) is 11.1. The quantitative estimate of drug-likeness (QED) is 0.149. The number of rotatable bonds is 7. The van der Waals surface area contributed by atoms with Gasteiger partial charge in [-0.2, -0.15) is 47.0 Å². The van der Waals surface area contributed by atoms with Gasteiger partial charge in [0, 0.05) is 61.0 Å². The molecule has 0 saturated carbocycles. The molecule has 4 nitrogen and oxygen atoms in total. The molecule has 62 heavy (non-hydrogen) atoms. The number of hydrogen-bond donors (Lipinski definition) is 0. The Morgan fingerprint density at radius 1 is 0.597 bits per heavy atom. The Bertz CT molecular complexity index is 3750. The first-order chi connectivity index (χ1) is 35.3. The summed E-state index contributed by atoms with van der Waals surface area (Å²) in [7, 11) is 0. The van der Waals surface area contributed by atoms with Gasteiger partial charge < -0.3 is 14.4 Å². The Kier molecular flexibility index (Phi) is 7.25. The summed E-state index contributed by atoms with van der Waals surface area (Å²) in [5, 5.41) is 0.952. The predicted molar refractivity (Wildman–Crippen MR) is 255 cm³/mol. The Hall–Kier alpha value is -6.22. The second-order valence-electron chi connectivity index (χ2n) is 17.2. The van der Waals surface area contributed by atoms with Crippen LogP contribution in [0, 0.1) is 18.8 Å². The standard InChI is InChI=1S/C57H49N4.Pt/c1-56(2,3)43-30-31-58-54(37-43)61-50-25-14-13-22-48(50)49-29-28-39(35-53(49)61)32-40-33-44(57(4,5)6)36-45(34-40)59-38-60(52-27-16-15-26-51(52)59)55-46(41-18-9-7-10-19-41)23-17-24-47(55)42-20-11-8-12-21-42;/h7-31,33,36-38H,32H2,1-6H3;/q-3;/i7D,8D,9D,10D,11D,12D,13D,14D,18D,19D,20D,21D,22D,25D;. The van der Waals surface area contributed by atoms with Crippen molar-refractivity contribution >= 4 is 44.6 Å². The number of para-hydroxylation sites is 4. The normalized spacial score (nSPS) is 16.0. The molecule has 0 amide bonds. The molecule has 0 radical (unpaired) electrons. The van der Waals surface area contributed by atoms with E-state index in [-0.39, 0.29) is 84.0 Å². The van der Waals surface area contributed by atoms with Gasteiger partial charge in [0.15, 0.2) is 0 Å². The number of pyridine rings is 1. The Balaban J connectivity index is 0.00000706. The maximum Gasteiger partial charge on any atom is 0.135 e. The van der Waals surface area contributed by atoms with Crippen molar-refractivity contribution < 1.29 is 40.3 Å². The van der Waals surface area contributed by atoms with Gasteiger partial charge in [-0.15, -0.1) is 23.8 Å². The number of nitrogens with zero attached hydrogens (tertiary/aromatic N) is 4. The minimum absolute atomic E-state index is 0. The Morgan fingerprint density at radius 2 is 1.23 bits per heavy atom. The third-order valence-electron chi connectivity index (χ3n) is 11.1. The zero-order chi connectivity index (χ0) is 54.1. The van der Waals surface area contributed by atoms with Crippen LogP contribution in [-0.4, -0.2) is 9.55 Å². The molecule has 10 rings (SSSR count). The largest absolute Gasteiger partial charge is 0.493 e. The molecule has 0 N–H and O–H groups in total. The van der Waals surface area contributed by atoms with Crippen molar-refractivity contribution in [2.45, 2.75) is 58.8 Å². The van der Waals surface area contributed by atoms with Crippen LogP contribution in [0.5, 0.6) is 0 Å². The average molecular weight is 999 g/mol. The van der Waals surface area contributed by atoms with Gasteiger partial charge in [-0.05, 0) is 69.6 Å². The number of hydrogen-bond acceptors (Lipinski definition) is 3. The van der Waals surface area contributed by atoms with Gasteiger partial charge in [0.25, 0.3) is 0 Å². The van der Waals surface area contributed by atoms with Crippen LogP contribution in [0.25, 0.3) is 49.9 Å². The Morgan fingerprint density at radius 3 is 1.89 bits per heavy atom. The molecule has 0 atom stereocenters. The summed E-state index contributed by atoms with van der Waals surface area (Å²) < 4.78 is 125. The first kappa shape index (κ1) is 27.7. The molecule has 0 aliphatic carbocycles. The van der Waals surface area contributed by atoms with E-state index in [0.717, 1.165) is 22.3 Å².